The molecule has 0 aromatic heterocycles. The number of aryl methyl sites for hydroxylation is 3. The number of benzene rings is 1. The van der Waals surface area contributed by atoms with Crippen LogP contribution in [0.25, 0.3) is 0 Å². The van der Waals surface area contributed by atoms with Gasteiger partial charge >= 0.3 is 0 Å². The molecule has 0 spiro atoms. The van der Waals surface area contributed by atoms with Crippen LogP contribution in [0.5, 0.6) is 0 Å². The molecule has 0 bridgehead atoms. The number of hydrogen-bond donors (Lipinski definition) is 1. The number of hydrogen-bond acceptors (Lipinski definition) is 2. The van der Waals surface area contributed by atoms with E-state index in [1.54, 1.807) is 7.11 Å². The minimum Gasteiger partial charge on any atom is -0.305 e. The van der Waals surface area contributed by atoms with Crippen molar-refractivity contribution in [2.24, 2.45) is 0 Å². The lowest BCUT2D eigenvalue weighted by atomic mass is 9.97. The Morgan fingerprint density at radius 3 is 2.21 bits per heavy atom. The van der Waals surface area contributed by atoms with Gasteiger partial charge in [0.2, 0.25) is 0 Å². The summed E-state index contributed by atoms with van der Waals surface area (Å²) in [6, 6.07) is 4.68. The van der Waals surface area contributed by atoms with Crippen LogP contribution in [0.4, 0.5) is 0 Å². The lowest BCUT2D eigenvalue weighted by molar-refractivity contribution is 0.0657. The van der Waals surface area contributed by atoms with Crippen molar-refractivity contribution in [1.82, 2.24) is 5.48 Å². The van der Waals surface area contributed by atoms with Crippen molar-refractivity contribution >= 4 is 0 Å². The van der Waals surface area contributed by atoms with E-state index in [1.165, 1.54) is 22.3 Å². The summed E-state index contributed by atoms with van der Waals surface area (Å²) in [4.78, 5) is 4.93. The Balaban J connectivity index is 3.02. The maximum Gasteiger partial charge on any atom is 0.0572 e. The van der Waals surface area contributed by atoms with Crippen LogP contribution in [0.1, 0.15) is 35.2 Å². The minimum atomic E-state index is 0.235. The number of hydroxylamine groups is 1. The number of rotatable bonds is 3. The van der Waals surface area contributed by atoms with Crippen LogP contribution in [0.15, 0.2) is 12.1 Å². The lowest BCUT2D eigenvalue weighted by Crippen LogP contribution is -2.18. The van der Waals surface area contributed by atoms with Gasteiger partial charge in [-0.05, 0) is 49.9 Å². The maximum absolute atomic E-state index is 4.93. The summed E-state index contributed by atoms with van der Waals surface area (Å²) in [6.07, 6.45) is 0. The van der Waals surface area contributed by atoms with E-state index in [1.807, 2.05) is 0 Å². The molecule has 1 unspecified atom stereocenters. The fraction of sp³-hybridized carbons (Fsp3) is 0.500. The molecule has 0 aliphatic carbocycles. The summed E-state index contributed by atoms with van der Waals surface area (Å²) < 4.78 is 0. The van der Waals surface area contributed by atoms with E-state index in [2.05, 4.69) is 45.3 Å². The third kappa shape index (κ3) is 2.34. The predicted octanol–water partition coefficient (Wildman–Crippen LogP) is 2.82. The summed E-state index contributed by atoms with van der Waals surface area (Å²) in [5.74, 6) is 0. The highest BCUT2D eigenvalue weighted by Crippen LogP contribution is 2.21. The molecular formula is C12H19NO. The average Bonchev–Trinajstić information content (AvgIpc) is 2.11. The highest BCUT2D eigenvalue weighted by Gasteiger charge is 2.08. The van der Waals surface area contributed by atoms with E-state index in [0.717, 1.165) is 0 Å². The largest absolute Gasteiger partial charge is 0.305 e. The van der Waals surface area contributed by atoms with E-state index < -0.39 is 0 Å². The third-order valence-corrected chi connectivity index (χ3v) is 2.64. The Kier molecular flexibility index (Phi) is 3.67. The lowest BCUT2D eigenvalue weighted by Gasteiger charge is -2.16. The molecule has 1 rings (SSSR count). The van der Waals surface area contributed by atoms with Crippen molar-refractivity contribution in [2.75, 3.05) is 7.11 Å². The smallest absolute Gasteiger partial charge is 0.0572 e. The first-order valence-corrected chi connectivity index (χ1v) is 4.92. The third-order valence-electron chi connectivity index (χ3n) is 2.64. The normalized spacial score (nSPS) is 12.9. The summed E-state index contributed by atoms with van der Waals surface area (Å²) in [7, 11) is 1.65. The first kappa shape index (κ1) is 11.2. The van der Waals surface area contributed by atoms with Gasteiger partial charge in [-0.1, -0.05) is 12.1 Å². The molecule has 2 heteroatoms. The van der Waals surface area contributed by atoms with Gasteiger partial charge in [-0.2, -0.15) is 5.48 Å². The van der Waals surface area contributed by atoms with E-state index in [-0.39, 0.29) is 6.04 Å². The molecule has 1 atom stereocenters. The summed E-state index contributed by atoms with van der Waals surface area (Å²) in [5.41, 5.74) is 8.23. The van der Waals surface area contributed by atoms with E-state index >= 15 is 0 Å². The molecule has 2 nitrogen and oxygen atoms in total. The SMILES string of the molecule is CONC(C)c1cc(C)c(C)cc1C. The van der Waals surface area contributed by atoms with Gasteiger partial charge in [-0.3, -0.25) is 0 Å². The van der Waals surface area contributed by atoms with E-state index in [9.17, 15) is 0 Å². The Bertz CT molecular complexity index is 320. The first-order chi connectivity index (χ1) is 6.56. The van der Waals surface area contributed by atoms with Gasteiger partial charge in [0.05, 0.1) is 13.2 Å². The fourth-order valence-electron chi connectivity index (χ4n) is 1.69. The van der Waals surface area contributed by atoms with Crippen LogP contribution in [-0.4, -0.2) is 7.11 Å². The van der Waals surface area contributed by atoms with Crippen LogP contribution in [0.3, 0.4) is 0 Å². The molecule has 0 radical (unpaired) electrons. The molecule has 1 N–H and O–H groups in total. The van der Waals surface area contributed by atoms with Gasteiger partial charge in [-0.15, -0.1) is 0 Å². The zero-order chi connectivity index (χ0) is 10.7. The molecule has 14 heavy (non-hydrogen) atoms. The molecule has 0 amide bonds. The Labute approximate surface area is 86.2 Å². The van der Waals surface area contributed by atoms with Crippen LogP contribution < -0.4 is 5.48 Å². The van der Waals surface area contributed by atoms with Crippen molar-refractivity contribution in [3.05, 3.63) is 34.4 Å². The standard InChI is InChI=1S/C12H19NO/c1-8-6-10(3)12(7-9(8)2)11(4)13-14-5/h6-7,11,13H,1-5H3. The van der Waals surface area contributed by atoms with Crippen LogP contribution in [0, 0.1) is 20.8 Å². The molecule has 78 valence electrons. The second-order valence-electron chi connectivity index (χ2n) is 3.84. The Morgan fingerprint density at radius 2 is 1.64 bits per heavy atom. The topological polar surface area (TPSA) is 21.3 Å². The predicted molar refractivity (Wildman–Crippen MR) is 59.2 cm³/mol. The van der Waals surface area contributed by atoms with Crippen molar-refractivity contribution in [2.45, 2.75) is 33.7 Å². The van der Waals surface area contributed by atoms with Crippen molar-refractivity contribution < 1.29 is 4.84 Å². The monoisotopic (exact) mass is 193 g/mol. The van der Waals surface area contributed by atoms with Crippen LogP contribution in [-0.2, 0) is 4.84 Å². The number of nitrogens with one attached hydrogen (secondary N) is 1. The zero-order valence-corrected chi connectivity index (χ0v) is 9.64. The van der Waals surface area contributed by atoms with Crippen LogP contribution in [0.2, 0.25) is 0 Å². The quantitative estimate of drug-likeness (QED) is 0.745. The fourth-order valence-corrected chi connectivity index (χ4v) is 1.69. The minimum absolute atomic E-state index is 0.235. The van der Waals surface area contributed by atoms with Gasteiger partial charge in [-0.25, -0.2) is 0 Å². The molecule has 0 fully saturated rings. The van der Waals surface area contributed by atoms with Crippen molar-refractivity contribution in [1.29, 1.82) is 0 Å². The molecule has 0 saturated heterocycles. The highest BCUT2D eigenvalue weighted by molar-refractivity contribution is 5.37. The van der Waals surface area contributed by atoms with Gasteiger partial charge in [0.15, 0.2) is 0 Å². The molecular weight excluding hydrogens is 174 g/mol. The van der Waals surface area contributed by atoms with Gasteiger partial charge in [0, 0.05) is 0 Å². The maximum atomic E-state index is 4.93. The first-order valence-electron chi connectivity index (χ1n) is 4.92. The van der Waals surface area contributed by atoms with E-state index in [4.69, 9.17) is 4.84 Å². The molecule has 0 aliphatic rings. The molecule has 0 saturated carbocycles. The molecule has 1 aromatic rings. The van der Waals surface area contributed by atoms with Gasteiger partial charge in [0.25, 0.3) is 0 Å². The van der Waals surface area contributed by atoms with Crippen LogP contribution >= 0.6 is 0 Å². The summed E-state index contributed by atoms with van der Waals surface area (Å²) in [6.45, 7) is 8.51. The summed E-state index contributed by atoms with van der Waals surface area (Å²) >= 11 is 0. The average molecular weight is 193 g/mol. The Morgan fingerprint density at radius 1 is 1.07 bits per heavy atom. The summed E-state index contributed by atoms with van der Waals surface area (Å²) in [5, 5.41) is 0. The second kappa shape index (κ2) is 4.58. The highest BCUT2D eigenvalue weighted by atomic mass is 16.6. The van der Waals surface area contributed by atoms with Gasteiger partial charge < -0.3 is 4.84 Å². The second-order valence-corrected chi connectivity index (χ2v) is 3.84. The van der Waals surface area contributed by atoms with Crippen molar-refractivity contribution in [3.8, 4) is 0 Å². The van der Waals surface area contributed by atoms with E-state index in [0.29, 0.717) is 0 Å². The Hall–Kier alpha value is -0.860. The van der Waals surface area contributed by atoms with Gasteiger partial charge in [0.1, 0.15) is 0 Å². The molecule has 1 aromatic carbocycles. The molecule has 0 aliphatic heterocycles. The van der Waals surface area contributed by atoms with Crippen molar-refractivity contribution in [3.63, 3.8) is 0 Å². The molecule has 0 heterocycles. The zero-order valence-electron chi connectivity index (χ0n) is 9.64.